The van der Waals surface area contributed by atoms with E-state index in [9.17, 15) is 0 Å². The maximum Gasteiger partial charge on any atom is 0.261 e. The first-order valence-electron chi connectivity index (χ1n) is 9.16. The van der Waals surface area contributed by atoms with Crippen LogP contribution in [0.4, 0.5) is 5.69 Å². The van der Waals surface area contributed by atoms with E-state index < -0.39 is 0 Å². The molecule has 0 aliphatic carbocycles. The van der Waals surface area contributed by atoms with E-state index in [-0.39, 0.29) is 0 Å². The molecule has 3 heterocycles. The molecule has 0 bridgehead atoms. The van der Waals surface area contributed by atoms with Crippen LogP contribution in [0.1, 0.15) is 24.0 Å². The third kappa shape index (κ3) is 3.64. The van der Waals surface area contributed by atoms with Crippen molar-refractivity contribution in [2.45, 2.75) is 27.3 Å². The van der Waals surface area contributed by atoms with Gasteiger partial charge in [0.15, 0.2) is 11.5 Å². The molecule has 1 aromatic carbocycles. The van der Waals surface area contributed by atoms with Gasteiger partial charge in [-0.15, -0.1) is 0 Å². The minimum atomic E-state index is 0.429. The zero-order chi connectivity index (χ0) is 19.5. The van der Waals surface area contributed by atoms with Crippen molar-refractivity contribution in [2.75, 3.05) is 11.9 Å². The number of benzene rings is 1. The summed E-state index contributed by atoms with van der Waals surface area (Å²) in [5.74, 6) is 1.86. The minimum Gasteiger partial charge on any atom is -0.494 e. The highest BCUT2D eigenvalue weighted by molar-refractivity contribution is 5.96. The molecule has 0 radical (unpaired) electrons. The summed E-state index contributed by atoms with van der Waals surface area (Å²) in [6.07, 6.45) is 1.72. The van der Waals surface area contributed by atoms with Gasteiger partial charge in [-0.3, -0.25) is 0 Å². The quantitative estimate of drug-likeness (QED) is 0.537. The van der Waals surface area contributed by atoms with E-state index in [1.165, 1.54) is 0 Å². The van der Waals surface area contributed by atoms with Crippen molar-refractivity contribution in [3.05, 3.63) is 59.7 Å². The highest BCUT2D eigenvalue weighted by Gasteiger charge is 2.16. The van der Waals surface area contributed by atoms with E-state index in [1.807, 2.05) is 44.2 Å². The number of nitrogens with one attached hydrogen (secondary N) is 1. The second-order valence-electron chi connectivity index (χ2n) is 6.45. The van der Waals surface area contributed by atoms with Crippen LogP contribution in [0.5, 0.6) is 5.75 Å². The number of hydrogen-bond donors (Lipinski definition) is 1. The summed E-state index contributed by atoms with van der Waals surface area (Å²) < 4.78 is 11.0. The monoisotopic (exact) mass is 375 g/mol. The maximum absolute atomic E-state index is 5.60. The zero-order valence-corrected chi connectivity index (χ0v) is 16.1. The average molecular weight is 375 g/mol. The molecule has 0 unspecified atom stereocenters. The normalized spacial score (nSPS) is 11.0. The molecule has 0 fully saturated rings. The fourth-order valence-corrected chi connectivity index (χ4v) is 3.03. The molecule has 4 rings (SSSR count). The lowest BCUT2D eigenvalue weighted by molar-refractivity contribution is 0.340. The van der Waals surface area contributed by atoms with E-state index in [0.717, 1.165) is 33.6 Å². The molecule has 0 saturated carbocycles. The molecule has 0 aliphatic heterocycles. The van der Waals surface area contributed by atoms with Gasteiger partial charge in [-0.05, 0) is 50.6 Å². The summed E-state index contributed by atoms with van der Waals surface area (Å²) in [6.45, 7) is 6.95. The molecular weight excluding hydrogens is 354 g/mol. The van der Waals surface area contributed by atoms with Gasteiger partial charge in [0, 0.05) is 23.8 Å². The van der Waals surface area contributed by atoms with Crippen LogP contribution >= 0.6 is 0 Å². The molecular formula is C21H21N5O2. The molecule has 7 heteroatoms. The summed E-state index contributed by atoms with van der Waals surface area (Å²) in [4.78, 5) is 13.4. The third-order valence-electron chi connectivity index (χ3n) is 4.31. The molecule has 142 valence electrons. The van der Waals surface area contributed by atoms with E-state index in [2.05, 4.69) is 31.5 Å². The summed E-state index contributed by atoms with van der Waals surface area (Å²) in [7, 11) is 0. The predicted octanol–water partition coefficient (Wildman–Crippen LogP) is 4.31. The number of pyridine rings is 2. The van der Waals surface area contributed by atoms with E-state index >= 15 is 0 Å². The summed E-state index contributed by atoms with van der Waals surface area (Å²) in [5.41, 5.74) is 4.30. The SMILES string of the molecule is CCOc1cccc(CNc2c(-c3nc(C)no3)cnc3nc(C)ccc23)c1. The summed E-state index contributed by atoms with van der Waals surface area (Å²) in [5, 5.41) is 8.31. The Labute approximate surface area is 162 Å². The van der Waals surface area contributed by atoms with Gasteiger partial charge in [0.1, 0.15) is 5.75 Å². The number of anilines is 1. The zero-order valence-electron chi connectivity index (χ0n) is 16.1. The highest BCUT2D eigenvalue weighted by Crippen LogP contribution is 2.33. The second-order valence-corrected chi connectivity index (χ2v) is 6.45. The van der Waals surface area contributed by atoms with Crippen LogP contribution in [0.15, 0.2) is 47.1 Å². The van der Waals surface area contributed by atoms with Gasteiger partial charge < -0.3 is 14.6 Å². The summed E-state index contributed by atoms with van der Waals surface area (Å²) in [6, 6.07) is 12.0. The van der Waals surface area contributed by atoms with Crippen molar-refractivity contribution in [1.29, 1.82) is 0 Å². The number of rotatable bonds is 6. The summed E-state index contributed by atoms with van der Waals surface area (Å²) >= 11 is 0. The van der Waals surface area contributed by atoms with Crippen molar-refractivity contribution < 1.29 is 9.26 Å². The van der Waals surface area contributed by atoms with Crippen LogP contribution < -0.4 is 10.1 Å². The van der Waals surface area contributed by atoms with E-state index in [1.54, 1.807) is 13.1 Å². The molecule has 0 spiro atoms. The van der Waals surface area contributed by atoms with Gasteiger partial charge >= 0.3 is 0 Å². The van der Waals surface area contributed by atoms with Crippen LogP contribution in [0.3, 0.4) is 0 Å². The van der Waals surface area contributed by atoms with Crippen molar-refractivity contribution >= 4 is 16.7 Å². The Bertz CT molecular complexity index is 1120. The molecule has 4 aromatic rings. The molecule has 0 atom stereocenters. The number of aryl methyl sites for hydroxylation is 2. The Hall–Kier alpha value is -3.48. The van der Waals surface area contributed by atoms with Crippen LogP contribution in [-0.4, -0.2) is 26.7 Å². The first-order chi connectivity index (χ1) is 13.6. The highest BCUT2D eigenvalue weighted by atomic mass is 16.5. The lowest BCUT2D eigenvalue weighted by atomic mass is 10.1. The Morgan fingerprint density at radius 3 is 2.79 bits per heavy atom. The van der Waals surface area contributed by atoms with E-state index in [0.29, 0.717) is 30.5 Å². The van der Waals surface area contributed by atoms with Gasteiger partial charge in [0.05, 0.1) is 17.9 Å². The Kier molecular flexibility index (Phi) is 4.89. The van der Waals surface area contributed by atoms with Crippen molar-refractivity contribution in [2.24, 2.45) is 0 Å². The van der Waals surface area contributed by atoms with Crippen LogP contribution in [0, 0.1) is 13.8 Å². The lowest BCUT2D eigenvalue weighted by Gasteiger charge is -2.13. The number of aromatic nitrogens is 4. The minimum absolute atomic E-state index is 0.429. The van der Waals surface area contributed by atoms with Crippen LogP contribution in [-0.2, 0) is 6.54 Å². The van der Waals surface area contributed by atoms with Gasteiger partial charge in [-0.1, -0.05) is 17.3 Å². The van der Waals surface area contributed by atoms with Crippen LogP contribution in [0.25, 0.3) is 22.5 Å². The molecule has 0 saturated heterocycles. The van der Waals surface area contributed by atoms with Gasteiger partial charge in [0.25, 0.3) is 5.89 Å². The maximum atomic E-state index is 5.60. The van der Waals surface area contributed by atoms with Gasteiger partial charge in [0.2, 0.25) is 0 Å². The largest absolute Gasteiger partial charge is 0.494 e. The molecule has 0 aliphatic rings. The fraction of sp³-hybridized carbons (Fsp3) is 0.238. The Balaban J connectivity index is 1.74. The lowest BCUT2D eigenvalue weighted by Crippen LogP contribution is -2.04. The molecule has 7 nitrogen and oxygen atoms in total. The van der Waals surface area contributed by atoms with Crippen molar-refractivity contribution in [3.63, 3.8) is 0 Å². The third-order valence-corrected chi connectivity index (χ3v) is 4.31. The molecule has 0 amide bonds. The number of ether oxygens (including phenoxy) is 1. The number of hydrogen-bond acceptors (Lipinski definition) is 7. The topological polar surface area (TPSA) is 86.0 Å². The standard InChI is InChI=1S/C21H21N5O2/c1-4-27-16-7-5-6-15(10-16)11-22-19-17-9-8-13(2)24-20(17)23-12-18(19)21-25-14(3)26-28-21/h5-10,12H,4,11H2,1-3H3,(H,22,23,24). The average Bonchev–Trinajstić information content (AvgIpc) is 3.12. The Morgan fingerprint density at radius 2 is 2.00 bits per heavy atom. The first kappa shape index (κ1) is 17.9. The second kappa shape index (κ2) is 7.64. The fourth-order valence-electron chi connectivity index (χ4n) is 3.03. The Morgan fingerprint density at radius 1 is 1.11 bits per heavy atom. The predicted molar refractivity (Wildman–Crippen MR) is 107 cm³/mol. The van der Waals surface area contributed by atoms with Crippen LogP contribution in [0.2, 0.25) is 0 Å². The number of nitrogens with zero attached hydrogens (tertiary/aromatic N) is 4. The number of fused-ring (bicyclic) bond motifs is 1. The molecule has 1 N–H and O–H groups in total. The first-order valence-corrected chi connectivity index (χ1v) is 9.16. The van der Waals surface area contributed by atoms with Crippen molar-refractivity contribution in [3.8, 4) is 17.2 Å². The van der Waals surface area contributed by atoms with Gasteiger partial charge in [-0.2, -0.15) is 4.98 Å². The molecule has 28 heavy (non-hydrogen) atoms. The molecule has 3 aromatic heterocycles. The van der Waals surface area contributed by atoms with Gasteiger partial charge in [-0.25, -0.2) is 9.97 Å². The van der Waals surface area contributed by atoms with E-state index in [4.69, 9.17) is 9.26 Å². The van der Waals surface area contributed by atoms with Crippen molar-refractivity contribution in [1.82, 2.24) is 20.1 Å². The smallest absolute Gasteiger partial charge is 0.261 e.